The molecule has 0 fully saturated rings. The van der Waals surface area contributed by atoms with E-state index in [0.29, 0.717) is 6.61 Å². The third kappa shape index (κ3) is 5.06. The molecule has 0 bridgehead atoms. The summed E-state index contributed by atoms with van der Waals surface area (Å²) in [6.07, 6.45) is 0. The average Bonchev–Trinajstić information content (AvgIpc) is 2.37. The van der Waals surface area contributed by atoms with Crippen LogP contribution in [0, 0.1) is 0 Å². The molecule has 5 heteroatoms. The molecule has 0 aliphatic rings. The normalized spacial score (nSPS) is 13.2. The lowest BCUT2D eigenvalue weighted by atomic mass is 10.1. The van der Waals surface area contributed by atoms with Crippen LogP contribution in [0.3, 0.4) is 0 Å². The summed E-state index contributed by atoms with van der Waals surface area (Å²) in [6, 6.07) is 5.53. The Morgan fingerprint density at radius 2 is 1.63 bits per heavy atom. The van der Waals surface area contributed by atoms with E-state index in [2.05, 4.69) is 5.43 Å². The van der Waals surface area contributed by atoms with Gasteiger partial charge in [-0.05, 0) is 38.5 Å². The van der Waals surface area contributed by atoms with Crippen molar-refractivity contribution >= 4 is 0 Å². The zero-order chi connectivity index (χ0) is 14.5. The topological polar surface area (TPSA) is 65.7 Å². The molecular weight excluding hydrogens is 244 g/mol. The molecule has 1 aromatic rings. The molecule has 0 aromatic heterocycles. The van der Waals surface area contributed by atoms with Crippen LogP contribution in [0.4, 0.5) is 0 Å². The lowest BCUT2D eigenvalue weighted by Gasteiger charge is -2.24. The molecule has 0 aliphatic heterocycles. The third-order valence-electron chi connectivity index (χ3n) is 2.66. The average molecular weight is 268 g/mol. The van der Waals surface area contributed by atoms with Crippen LogP contribution >= 0.6 is 0 Å². The number of methoxy groups -OCH3 is 2. The molecule has 1 aromatic carbocycles. The standard InChI is InChI=1S/C14H24N2O3/c1-14(2,3)19-9-13(16-15)10-6-11(17-4)8-12(7-10)18-5/h6-8,13,16H,9,15H2,1-5H3. The Balaban J connectivity index is 2.90. The monoisotopic (exact) mass is 268 g/mol. The summed E-state index contributed by atoms with van der Waals surface area (Å²) >= 11 is 0. The van der Waals surface area contributed by atoms with Gasteiger partial charge in [0.1, 0.15) is 11.5 Å². The number of nitrogens with one attached hydrogen (secondary N) is 1. The van der Waals surface area contributed by atoms with Crippen LogP contribution in [0.25, 0.3) is 0 Å². The van der Waals surface area contributed by atoms with E-state index in [1.54, 1.807) is 14.2 Å². The van der Waals surface area contributed by atoms with Crippen LogP contribution in [0.5, 0.6) is 11.5 Å². The molecule has 1 atom stereocenters. The first-order valence-corrected chi connectivity index (χ1v) is 6.22. The molecule has 3 N–H and O–H groups in total. The minimum absolute atomic E-state index is 0.122. The van der Waals surface area contributed by atoms with E-state index in [9.17, 15) is 0 Å². The highest BCUT2D eigenvalue weighted by atomic mass is 16.5. The first-order chi connectivity index (χ1) is 8.89. The number of hydrazine groups is 1. The number of ether oxygens (including phenoxy) is 3. The molecule has 0 radical (unpaired) electrons. The highest BCUT2D eigenvalue weighted by molar-refractivity contribution is 5.39. The predicted molar refractivity (Wildman–Crippen MR) is 75.3 cm³/mol. The van der Waals surface area contributed by atoms with Gasteiger partial charge < -0.3 is 14.2 Å². The molecule has 19 heavy (non-hydrogen) atoms. The van der Waals surface area contributed by atoms with Crippen LogP contribution in [0.2, 0.25) is 0 Å². The van der Waals surface area contributed by atoms with Gasteiger partial charge in [-0.25, -0.2) is 0 Å². The maximum Gasteiger partial charge on any atom is 0.122 e. The zero-order valence-corrected chi connectivity index (χ0v) is 12.3. The maximum atomic E-state index is 5.76. The van der Waals surface area contributed by atoms with Crippen LogP contribution in [-0.2, 0) is 4.74 Å². The van der Waals surface area contributed by atoms with E-state index >= 15 is 0 Å². The van der Waals surface area contributed by atoms with E-state index in [-0.39, 0.29) is 11.6 Å². The van der Waals surface area contributed by atoms with Gasteiger partial charge in [0.15, 0.2) is 0 Å². The fourth-order valence-electron chi connectivity index (χ4n) is 1.60. The van der Waals surface area contributed by atoms with Crippen molar-refractivity contribution in [3.05, 3.63) is 23.8 Å². The molecule has 0 saturated carbocycles. The summed E-state index contributed by atoms with van der Waals surface area (Å²) in [5.41, 5.74) is 3.51. The summed E-state index contributed by atoms with van der Waals surface area (Å²) in [5.74, 6) is 7.06. The van der Waals surface area contributed by atoms with Gasteiger partial charge in [0, 0.05) is 6.07 Å². The van der Waals surface area contributed by atoms with Crippen LogP contribution in [-0.4, -0.2) is 26.4 Å². The minimum atomic E-state index is -0.210. The lowest BCUT2D eigenvalue weighted by molar-refractivity contribution is -0.0148. The van der Waals surface area contributed by atoms with E-state index in [4.69, 9.17) is 20.1 Å². The molecule has 0 aliphatic carbocycles. The van der Waals surface area contributed by atoms with Crippen LogP contribution in [0.15, 0.2) is 18.2 Å². The van der Waals surface area contributed by atoms with E-state index in [0.717, 1.165) is 17.1 Å². The predicted octanol–water partition coefficient (Wildman–Crippen LogP) is 2.02. The molecule has 5 nitrogen and oxygen atoms in total. The fraction of sp³-hybridized carbons (Fsp3) is 0.571. The van der Waals surface area contributed by atoms with Gasteiger partial charge in [-0.3, -0.25) is 11.3 Å². The van der Waals surface area contributed by atoms with Crippen molar-refractivity contribution in [2.45, 2.75) is 32.4 Å². The number of benzene rings is 1. The summed E-state index contributed by atoms with van der Waals surface area (Å²) in [4.78, 5) is 0. The Morgan fingerprint density at radius 1 is 1.11 bits per heavy atom. The second kappa shape index (κ2) is 6.75. The molecule has 1 rings (SSSR count). The molecule has 0 heterocycles. The molecule has 0 amide bonds. The Morgan fingerprint density at radius 3 is 2.00 bits per heavy atom. The number of nitrogens with two attached hydrogens (primary N) is 1. The SMILES string of the molecule is COc1cc(OC)cc(C(COC(C)(C)C)NN)c1. The minimum Gasteiger partial charge on any atom is -0.497 e. The second-order valence-electron chi connectivity index (χ2n) is 5.29. The molecular formula is C14H24N2O3. The van der Waals surface area contributed by atoms with Crippen molar-refractivity contribution in [3.8, 4) is 11.5 Å². The van der Waals surface area contributed by atoms with E-state index in [1.807, 2.05) is 39.0 Å². The lowest BCUT2D eigenvalue weighted by Crippen LogP contribution is -2.34. The highest BCUT2D eigenvalue weighted by Gasteiger charge is 2.17. The molecule has 0 spiro atoms. The van der Waals surface area contributed by atoms with Crippen molar-refractivity contribution in [1.29, 1.82) is 0 Å². The van der Waals surface area contributed by atoms with Gasteiger partial charge in [0.05, 0.1) is 32.5 Å². The van der Waals surface area contributed by atoms with Gasteiger partial charge in [0.25, 0.3) is 0 Å². The number of hydrogen-bond acceptors (Lipinski definition) is 5. The zero-order valence-electron chi connectivity index (χ0n) is 12.3. The number of rotatable bonds is 6. The van der Waals surface area contributed by atoms with Crippen molar-refractivity contribution < 1.29 is 14.2 Å². The molecule has 0 saturated heterocycles. The smallest absolute Gasteiger partial charge is 0.122 e. The van der Waals surface area contributed by atoms with Crippen molar-refractivity contribution in [3.63, 3.8) is 0 Å². The Labute approximate surface area is 115 Å². The Bertz CT molecular complexity index is 380. The van der Waals surface area contributed by atoms with Crippen LogP contribution in [0.1, 0.15) is 32.4 Å². The van der Waals surface area contributed by atoms with Gasteiger partial charge in [-0.2, -0.15) is 0 Å². The van der Waals surface area contributed by atoms with Gasteiger partial charge >= 0.3 is 0 Å². The van der Waals surface area contributed by atoms with E-state index in [1.165, 1.54) is 0 Å². The highest BCUT2D eigenvalue weighted by Crippen LogP contribution is 2.27. The first kappa shape index (κ1) is 15.8. The van der Waals surface area contributed by atoms with Crippen molar-refractivity contribution in [1.82, 2.24) is 5.43 Å². The van der Waals surface area contributed by atoms with Crippen molar-refractivity contribution in [2.24, 2.45) is 5.84 Å². The molecule has 1 unspecified atom stereocenters. The fourth-order valence-corrected chi connectivity index (χ4v) is 1.60. The van der Waals surface area contributed by atoms with E-state index < -0.39 is 0 Å². The summed E-state index contributed by atoms with van der Waals surface area (Å²) in [7, 11) is 3.24. The summed E-state index contributed by atoms with van der Waals surface area (Å²) in [6.45, 7) is 6.49. The molecule has 108 valence electrons. The summed E-state index contributed by atoms with van der Waals surface area (Å²) < 4.78 is 16.3. The Hall–Kier alpha value is -1.30. The Kier molecular flexibility index (Phi) is 5.60. The van der Waals surface area contributed by atoms with Crippen LogP contribution < -0.4 is 20.7 Å². The maximum absolute atomic E-state index is 5.76. The van der Waals surface area contributed by atoms with Gasteiger partial charge in [-0.1, -0.05) is 0 Å². The number of hydrogen-bond donors (Lipinski definition) is 2. The second-order valence-corrected chi connectivity index (χ2v) is 5.29. The van der Waals surface area contributed by atoms with Crippen molar-refractivity contribution in [2.75, 3.05) is 20.8 Å². The largest absolute Gasteiger partial charge is 0.497 e. The van der Waals surface area contributed by atoms with Gasteiger partial charge in [-0.15, -0.1) is 0 Å². The first-order valence-electron chi connectivity index (χ1n) is 6.22. The third-order valence-corrected chi connectivity index (χ3v) is 2.66. The quantitative estimate of drug-likeness (QED) is 0.610. The van der Waals surface area contributed by atoms with Gasteiger partial charge in [0.2, 0.25) is 0 Å². The summed E-state index contributed by atoms with van der Waals surface area (Å²) in [5, 5.41) is 0.